The van der Waals surface area contributed by atoms with Crippen LogP contribution in [-0.2, 0) is 45.8 Å². The van der Waals surface area contributed by atoms with E-state index in [0.29, 0.717) is 5.92 Å². The quantitative estimate of drug-likeness (QED) is 0.0863. The fourth-order valence-electron chi connectivity index (χ4n) is 5.87. The van der Waals surface area contributed by atoms with Gasteiger partial charge in [-0.25, -0.2) is 4.79 Å². The van der Waals surface area contributed by atoms with E-state index in [4.69, 9.17) is 9.47 Å². The second-order valence-corrected chi connectivity index (χ2v) is 12.0. The third-order valence-corrected chi connectivity index (χ3v) is 8.43. The van der Waals surface area contributed by atoms with Gasteiger partial charge in [-0.2, -0.15) is 0 Å². The van der Waals surface area contributed by atoms with Crippen molar-refractivity contribution < 1.29 is 39.2 Å². The number of carbonyl (C=O) groups excluding carboxylic acids is 2. The molecule has 2 aliphatic rings. The zero-order valence-electron chi connectivity index (χ0n) is 28.3. The van der Waals surface area contributed by atoms with Crippen LogP contribution in [0.25, 0.3) is 33.8 Å². The molecule has 0 N–H and O–H groups in total. The Labute approximate surface area is 318 Å². The number of hydrogen-bond donors (Lipinski definition) is 0. The summed E-state index contributed by atoms with van der Waals surface area (Å²) in [5.74, 6) is -0.189. The molecule has 0 spiro atoms. The van der Waals surface area contributed by atoms with Gasteiger partial charge in [-0.3, -0.25) is 4.79 Å². The summed E-state index contributed by atoms with van der Waals surface area (Å²) in [4.78, 5) is 36.7. The van der Waals surface area contributed by atoms with Crippen LogP contribution < -0.4 is 0 Å². The fourth-order valence-corrected chi connectivity index (χ4v) is 5.87. The molecule has 0 amide bonds. The molecule has 8 heteroatoms. The van der Waals surface area contributed by atoms with Crippen LogP contribution >= 0.6 is 0 Å². The number of fused-ring (bicyclic) bond motifs is 2. The number of benzene rings is 3. The van der Waals surface area contributed by atoms with Crippen molar-refractivity contribution in [1.29, 1.82) is 0 Å². The summed E-state index contributed by atoms with van der Waals surface area (Å²) in [5, 5.41) is 0. The van der Waals surface area contributed by atoms with E-state index in [1.54, 1.807) is 24.7 Å². The van der Waals surface area contributed by atoms with Crippen LogP contribution in [0, 0.1) is 36.0 Å². The van der Waals surface area contributed by atoms with Gasteiger partial charge >= 0.3 is 32.0 Å². The first-order valence-electron chi connectivity index (χ1n) is 16.8. The SMILES string of the molecule is O=C(COC(=O)C1CC2C=CC1C2)OCc1c[c-]c(-c2ccccn2)cc1.[Ir+3].[c-]1ccccc1-c1ccccn1.[c-]1ccccc1-c1ccccn1. The number of nitrogens with zero attached hydrogens (tertiary/aromatic N) is 3. The van der Waals surface area contributed by atoms with Crippen molar-refractivity contribution in [2.24, 2.45) is 17.8 Å². The number of hydrogen-bond acceptors (Lipinski definition) is 7. The Balaban J connectivity index is 0.000000173. The molecule has 260 valence electrons. The molecule has 3 aromatic heterocycles. The molecule has 0 radical (unpaired) electrons. The van der Waals surface area contributed by atoms with Gasteiger partial charge in [0.25, 0.3) is 0 Å². The third kappa shape index (κ3) is 11.0. The molecule has 2 aliphatic carbocycles. The van der Waals surface area contributed by atoms with Gasteiger partial charge in [-0.15, -0.1) is 102 Å². The number of esters is 2. The molecule has 52 heavy (non-hydrogen) atoms. The van der Waals surface area contributed by atoms with Crippen LogP contribution in [0.1, 0.15) is 18.4 Å². The summed E-state index contributed by atoms with van der Waals surface area (Å²) in [6.45, 7) is -0.224. The number of carbonyl (C=O) groups is 2. The van der Waals surface area contributed by atoms with Crippen LogP contribution in [0.5, 0.6) is 0 Å². The number of allylic oxidation sites excluding steroid dienone is 2. The van der Waals surface area contributed by atoms with E-state index in [-0.39, 0.29) is 51.1 Å². The molecule has 0 saturated heterocycles. The van der Waals surface area contributed by atoms with E-state index >= 15 is 0 Å². The molecule has 3 unspecified atom stereocenters. The molecule has 3 heterocycles. The Morgan fingerprint density at radius 3 is 1.60 bits per heavy atom. The normalized spacial score (nSPS) is 16.2. The van der Waals surface area contributed by atoms with Crippen molar-refractivity contribution in [2.45, 2.75) is 19.4 Å². The van der Waals surface area contributed by atoms with Gasteiger partial charge in [0.1, 0.15) is 0 Å². The molecule has 8 rings (SSSR count). The average molecular weight is 863 g/mol. The van der Waals surface area contributed by atoms with Gasteiger partial charge in [-0.1, -0.05) is 54.1 Å². The van der Waals surface area contributed by atoms with Gasteiger partial charge in [0.05, 0.1) is 12.5 Å². The second kappa shape index (κ2) is 19.7. The Bertz CT molecular complexity index is 1830. The minimum absolute atomic E-state index is 0. The van der Waals surface area contributed by atoms with Crippen molar-refractivity contribution in [3.63, 3.8) is 0 Å². The fraction of sp³-hybridized carbons (Fsp3) is 0.159. The Hall–Kier alpha value is -5.56. The molecular weight excluding hydrogens is 827 g/mol. The van der Waals surface area contributed by atoms with Gasteiger partial charge in [0, 0.05) is 18.6 Å². The Morgan fingerprint density at radius 2 is 1.17 bits per heavy atom. The number of ether oxygens (including phenoxy) is 2. The summed E-state index contributed by atoms with van der Waals surface area (Å²) in [7, 11) is 0. The molecule has 1 fully saturated rings. The summed E-state index contributed by atoms with van der Waals surface area (Å²) in [6.07, 6.45) is 11.4. The van der Waals surface area contributed by atoms with Crippen LogP contribution in [0.15, 0.2) is 152 Å². The van der Waals surface area contributed by atoms with E-state index in [1.165, 1.54) is 0 Å². The third-order valence-electron chi connectivity index (χ3n) is 8.43. The van der Waals surface area contributed by atoms with E-state index in [0.717, 1.165) is 52.2 Å². The number of aromatic nitrogens is 3. The first-order valence-corrected chi connectivity index (χ1v) is 16.8. The van der Waals surface area contributed by atoms with Gasteiger partial charge in [0.15, 0.2) is 6.61 Å². The maximum Gasteiger partial charge on any atom is 3.00 e. The Morgan fingerprint density at radius 1 is 0.615 bits per heavy atom. The monoisotopic (exact) mass is 863 g/mol. The van der Waals surface area contributed by atoms with E-state index in [9.17, 15) is 9.59 Å². The number of rotatable bonds is 8. The molecule has 1 saturated carbocycles. The first kappa shape index (κ1) is 37.7. The number of pyridine rings is 3. The zero-order chi connectivity index (χ0) is 35.1. The summed E-state index contributed by atoms with van der Waals surface area (Å²) >= 11 is 0. The van der Waals surface area contributed by atoms with Crippen molar-refractivity contribution >= 4 is 11.9 Å². The van der Waals surface area contributed by atoms with Gasteiger partial charge in [-0.05, 0) is 60.0 Å². The van der Waals surface area contributed by atoms with Crippen LogP contribution in [0.4, 0.5) is 0 Å². The maximum absolute atomic E-state index is 12.1. The summed E-state index contributed by atoms with van der Waals surface area (Å²) in [5.41, 5.74) is 6.54. The van der Waals surface area contributed by atoms with Crippen LogP contribution in [-0.4, -0.2) is 33.5 Å². The molecule has 3 atom stereocenters. The second-order valence-electron chi connectivity index (χ2n) is 12.0. The van der Waals surface area contributed by atoms with Crippen molar-refractivity contribution in [2.75, 3.05) is 6.61 Å². The van der Waals surface area contributed by atoms with E-state index in [2.05, 4.69) is 45.3 Å². The average Bonchev–Trinajstić information content (AvgIpc) is 3.86. The molecule has 2 bridgehead atoms. The van der Waals surface area contributed by atoms with Crippen LogP contribution in [0.2, 0.25) is 0 Å². The van der Waals surface area contributed by atoms with Crippen LogP contribution in [0.3, 0.4) is 0 Å². The predicted octanol–water partition coefficient (Wildman–Crippen LogP) is 8.44. The minimum Gasteiger partial charge on any atom is -0.468 e. The first-order chi connectivity index (χ1) is 25.1. The Kier molecular flexibility index (Phi) is 14.3. The van der Waals surface area contributed by atoms with Gasteiger partial charge < -0.3 is 24.4 Å². The topological polar surface area (TPSA) is 91.3 Å². The molecule has 0 aliphatic heterocycles. The van der Waals surface area contributed by atoms with E-state index < -0.39 is 5.97 Å². The predicted molar refractivity (Wildman–Crippen MR) is 195 cm³/mol. The largest absolute Gasteiger partial charge is 3.00 e. The molecule has 7 nitrogen and oxygen atoms in total. The van der Waals surface area contributed by atoms with Gasteiger partial charge in [0.2, 0.25) is 0 Å². The standard InChI is InChI=1S/C22H20NO4.2C11H8N.Ir/c24-21(14-27-22(25)19-12-16-6-9-18(19)11-16)26-13-15-4-7-17(8-5-15)20-3-1-2-10-23-20;2*1-2-6-10(7-3-1)11-8-4-5-9-12-11;/h1-7,9-10,16,18-19H,11-14H2;2*1-6,8-9H;/q3*-1;+3. The molecular formula is C44H36IrN3O4. The minimum atomic E-state index is -0.546. The smallest absolute Gasteiger partial charge is 0.468 e. The van der Waals surface area contributed by atoms with E-state index in [1.807, 2.05) is 115 Å². The molecule has 3 aromatic carbocycles. The van der Waals surface area contributed by atoms with Crippen molar-refractivity contribution in [3.8, 4) is 33.8 Å². The molecule has 6 aromatic rings. The summed E-state index contributed by atoms with van der Waals surface area (Å²) in [6, 6.07) is 48.0. The summed E-state index contributed by atoms with van der Waals surface area (Å²) < 4.78 is 10.3. The van der Waals surface area contributed by atoms with Crippen molar-refractivity contribution in [1.82, 2.24) is 15.0 Å². The van der Waals surface area contributed by atoms with Crippen molar-refractivity contribution in [3.05, 3.63) is 176 Å². The maximum atomic E-state index is 12.1. The zero-order valence-corrected chi connectivity index (χ0v) is 30.7.